The lowest BCUT2D eigenvalue weighted by molar-refractivity contribution is 0.102. The lowest BCUT2D eigenvalue weighted by Crippen LogP contribution is -2.12. The van der Waals surface area contributed by atoms with Gasteiger partial charge in [0.15, 0.2) is 5.69 Å². The van der Waals surface area contributed by atoms with Crippen LogP contribution >= 0.6 is 23.2 Å². The number of aromatic nitrogens is 1. The molecule has 26 heavy (non-hydrogen) atoms. The first kappa shape index (κ1) is 16.6. The molecule has 4 rings (SSSR count). The summed E-state index contributed by atoms with van der Waals surface area (Å²) in [5, 5.41) is 5.71. The molecule has 128 valence electrons. The summed E-state index contributed by atoms with van der Waals surface area (Å²) in [6.07, 6.45) is 1.32. The molecule has 1 aromatic heterocycles. The molecule has 0 aliphatic heterocycles. The Morgan fingerprint density at radius 3 is 2.62 bits per heavy atom. The van der Waals surface area contributed by atoms with E-state index in [1.807, 2.05) is 42.5 Å². The summed E-state index contributed by atoms with van der Waals surface area (Å²) < 4.78 is 5.42. The van der Waals surface area contributed by atoms with Gasteiger partial charge in [0, 0.05) is 16.6 Å². The van der Waals surface area contributed by atoms with Gasteiger partial charge in [-0.25, -0.2) is 4.98 Å². The van der Waals surface area contributed by atoms with Crippen molar-refractivity contribution < 1.29 is 9.21 Å². The average molecular weight is 383 g/mol. The fraction of sp³-hybridized carbons (Fsp3) is 0. The third-order valence-electron chi connectivity index (χ3n) is 3.94. The van der Waals surface area contributed by atoms with Crippen LogP contribution in [0.5, 0.6) is 0 Å². The van der Waals surface area contributed by atoms with Crippen molar-refractivity contribution in [1.29, 1.82) is 0 Å². The Labute approximate surface area is 159 Å². The minimum atomic E-state index is -0.351. The van der Waals surface area contributed by atoms with E-state index in [1.165, 1.54) is 6.26 Å². The molecule has 0 aliphatic carbocycles. The minimum absolute atomic E-state index is 0.180. The Kier molecular flexibility index (Phi) is 4.37. The fourth-order valence-corrected chi connectivity index (χ4v) is 2.96. The lowest BCUT2D eigenvalue weighted by atomic mass is 10.1. The van der Waals surface area contributed by atoms with E-state index in [4.69, 9.17) is 27.6 Å². The van der Waals surface area contributed by atoms with E-state index in [-0.39, 0.29) is 11.6 Å². The van der Waals surface area contributed by atoms with Crippen LogP contribution in [-0.4, -0.2) is 10.9 Å². The van der Waals surface area contributed by atoms with Gasteiger partial charge in [-0.15, -0.1) is 0 Å². The number of hydrogen-bond acceptors (Lipinski definition) is 3. The molecule has 4 nitrogen and oxygen atoms in total. The highest BCUT2D eigenvalue weighted by atomic mass is 35.5. The Balaban J connectivity index is 1.61. The third-order valence-corrected chi connectivity index (χ3v) is 4.68. The monoisotopic (exact) mass is 382 g/mol. The zero-order valence-corrected chi connectivity index (χ0v) is 14.9. The number of fused-ring (bicyclic) bond motifs is 1. The molecule has 4 aromatic rings. The van der Waals surface area contributed by atoms with Gasteiger partial charge in [0.05, 0.1) is 10.0 Å². The van der Waals surface area contributed by atoms with Crippen molar-refractivity contribution in [1.82, 2.24) is 4.98 Å². The van der Waals surface area contributed by atoms with E-state index < -0.39 is 0 Å². The van der Waals surface area contributed by atoms with Gasteiger partial charge >= 0.3 is 0 Å². The molecule has 0 fully saturated rings. The molecule has 0 bridgehead atoms. The van der Waals surface area contributed by atoms with E-state index in [9.17, 15) is 4.79 Å². The Bertz CT molecular complexity index is 1120. The maximum atomic E-state index is 12.5. The summed E-state index contributed by atoms with van der Waals surface area (Å²) in [5.41, 5.74) is 1.54. The van der Waals surface area contributed by atoms with Gasteiger partial charge in [-0.05, 0) is 29.7 Å². The van der Waals surface area contributed by atoms with Gasteiger partial charge in [-0.1, -0.05) is 59.6 Å². The maximum absolute atomic E-state index is 12.5. The van der Waals surface area contributed by atoms with Crippen LogP contribution in [0, 0.1) is 0 Å². The van der Waals surface area contributed by atoms with E-state index in [0.717, 1.165) is 10.8 Å². The molecule has 1 heterocycles. The molecule has 6 heteroatoms. The van der Waals surface area contributed by atoms with E-state index in [2.05, 4.69) is 10.3 Å². The SMILES string of the molecule is O=C(Nc1cccc2ccccc12)c1coc(-c2ccc(Cl)c(Cl)c2)n1. The average Bonchev–Trinajstić information content (AvgIpc) is 3.15. The molecule has 1 N–H and O–H groups in total. The summed E-state index contributed by atoms with van der Waals surface area (Å²) in [5.74, 6) is -0.0527. The number of anilines is 1. The highest BCUT2D eigenvalue weighted by Crippen LogP contribution is 2.28. The van der Waals surface area contributed by atoms with Crippen LogP contribution in [-0.2, 0) is 0 Å². The van der Waals surface area contributed by atoms with E-state index in [1.54, 1.807) is 18.2 Å². The van der Waals surface area contributed by atoms with Gasteiger partial charge in [0.1, 0.15) is 6.26 Å². The first-order valence-corrected chi connectivity index (χ1v) is 8.57. The molecule has 0 atom stereocenters. The van der Waals surface area contributed by atoms with Crippen molar-refractivity contribution >= 4 is 45.6 Å². The standard InChI is InChI=1S/C20H12Cl2N2O2/c21-15-9-8-13(10-16(15)22)20-24-18(11-26-20)19(25)23-17-7-3-5-12-4-1-2-6-14(12)17/h1-11H,(H,23,25). The van der Waals surface area contributed by atoms with Crippen LogP contribution in [0.25, 0.3) is 22.2 Å². The zero-order valence-electron chi connectivity index (χ0n) is 13.4. The number of benzene rings is 3. The number of carbonyl (C=O) groups is 1. The van der Waals surface area contributed by atoms with Crippen LogP contribution in [0.1, 0.15) is 10.5 Å². The zero-order chi connectivity index (χ0) is 18.1. The number of oxazole rings is 1. The largest absolute Gasteiger partial charge is 0.444 e. The van der Waals surface area contributed by atoms with Crippen LogP contribution in [0.4, 0.5) is 5.69 Å². The van der Waals surface area contributed by atoms with Gasteiger partial charge in [-0.2, -0.15) is 0 Å². The summed E-state index contributed by atoms with van der Waals surface area (Å²) in [7, 11) is 0. The Morgan fingerprint density at radius 2 is 1.77 bits per heavy atom. The van der Waals surface area contributed by atoms with Crippen LogP contribution in [0.3, 0.4) is 0 Å². The summed E-state index contributed by atoms with van der Waals surface area (Å²) in [4.78, 5) is 16.8. The molecule has 0 aliphatic rings. The summed E-state index contributed by atoms with van der Waals surface area (Å²) >= 11 is 11.9. The molecule has 0 spiro atoms. The van der Waals surface area contributed by atoms with Crippen molar-refractivity contribution in [3.8, 4) is 11.5 Å². The number of nitrogens with zero attached hydrogens (tertiary/aromatic N) is 1. The number of rotatable bonds is 3. The topological polar surface area (TPSA) is 55.1 Å². The van der Waals surface area contributed by atoms with Crippen LogP contribution in [0.2, 0.25) is 10.0 Å². The van der Waals surface area contributed by atoms with Crippen molar-refractivity contribution in [2.75, 3.05) is 5.32 Å². The van der Waals surface area contributed by atoms with Gasteiger partial charge < -0.3 is 9.73 Å². The molecule has 0 saturated carbocycles. The van der Waals surface area contributed by atoms with Gasteiger partial charge in [-0.3, -0.25) is 4.79 Å². The second-order valence-corrected chi connectivity index (χ2v) is 6.46. The van der Waals surface area contributed by atoms with Crippen molar-refractivity contribution in [2.45, 2.75) is 0 Å². The number of halogens is 2. The first-order valence-electron chi connectivity index (χ1n) is 7.82. The highest BCUT2D eigenvalue weighted by molar-refractivity contribution is 6.42. The van der Waals surface area contributed by atoms with Crippen molar-refractivity contribution in [2.24, 2.45) is 0 Å². The first-order chi connectivity index (χ1) is 12.6. The second-order valence-electron chi connectivity index (χ2n) is 5.65. The molecule has 0 radical (unpaired) electrons. The fourth-order valence-electron chi connectivity index (χ4n) is 2.66. The molecule has 0 saturated heterocycles. The van der Waals surface area contributed by atoms with Crippen LogP contribution in [0.15, 0.2) is 71.3 Å². The van der Waals surface area contributed by atoms with Crippen molar-refractivity contribution in [3.63, 3.8) is 0 Å². The van der Waals surface area contributed by atoms with Gasteiger partial charge in [0.25, 0.3) is 5.91 Å². The molecule has 3 aromatic carbocycles. The van der Waals surface area contributed by atoms with Crippen molar-refractivity contribution in [3.05, 3.63) is 82.7 Å². The maximum Gasteiger partial charge on any atom is 0.277 e. The predicted octanol–water partition coefficient (Wildman–Crippen LogP) is 6.05. The highest BCUT2D eigenvalue weighted by Gasteiger charge is 2.15. The molecular weight excluding hydrogens is 371 g/mol. The molecule has 0 unspecified atom stereocenters. The van der Waals surface area contributed by atoms with E-state index in [0.29, 0.717) is 27.2 Å². The smallest absolute Gasteiger partial charge is 0.277 e. The van der Waals surface area contributed by atoms with Gasteiger partial charge in [0.2, 0.25) is 5.89 Å². The minimum Gasteiger partial charge on any atom is -0.444 e. The number of nitrogens with one attached hydrogen (secondary N) is 1. The predicted molar refractivity (Wildman–Crippen MR) is 104 cm³/mol. The summed E-state index contributed by atoms with van der Waals surface area (Å²) in [6.45, 7) is 0. The number of carbonyl (C=O) groups excluding carboxylic acids is 1. The van der Waals surface area contributed by atoms with E-state index >= 15 is 0 Å². The Morgan fingerprint density at radius 1 is 0.962 bits per heavy atom. The number of amides is 1. The molecular formula is C20H12Cl2N2O2. The third kappa shape index (κ3) is 3.17. The lowest BCUT2D eigenvalue weighted by Gasteiger charge is -2.07. The molecule has 1 amide bonds. The Hall–Kier alpha value is -2.82. The van der Waals surface area contributed by atoms with Crippen LogP contribution < -0.4 is 5.32 Å². The second kappa shape index (κ2) is 6.83. The summed E-state index contributed by atoms with van der Waals surface area (Å²) in [6, 6.07) is 18.6. The normalized spacial score (nSPS) is 10.8. The number of hydrogen-bond donors (Lipinski definition) is 1. The quantitative estimate of drug-likeness (QED) is 0.468.